The maximum absolute atomic E-state index is 10.7. The number of carboxylic acid groups (broad SMARTS) is 1. The molecule has 0 saturated heterocycles. The van der Waals surface area contributed by atoms with Crippen molar-refractivity contribution in [2.24, 2.45) is 5.92 Å². The Balaban J connectivity index is 2.28. The Labute approximate surface area is 113 Å². The second-order valence-corrected chi connectivity index (χ2v) is 5.44. The first-order chi connectivity index (χ1) is 9.08. The van der Waals surface area contributed by atoms with E-state index in [4.69, 9.17) is 5.11 Å². The molecule has 3 nitrogen and oxygen atoms in total. The number of rotatable bonds is 6. The van der Waals surface area contributed by atoms with E-state index >= 15 is 0 Å². The topological polar surface area (TPSA) is 42.2 Å². The quantitative estimate of drug-likeness (QED) is 0.859. The van der Waals surface area contributed by atoms with E-state index in [0.29, 0.717) is 12.3 Å². The molecule has 0 aliphatic carbocycles. The first-order valence-electron chi connectivity index (χ1n) is 6.86. The molecular formula is C16H21NO2. The monoisotopic (exact) mass is 259 g/mol. The fourth-order valence-corrected chi connectivity index (χ4v) is 2.35. The molecule has 0 spiro atoms. The molecule has 0 aliphatic rings. The van der Waals surface area contributed by atoms with Gasteiger partial charge in [-0.15, -0.1) is 0 Å². The van der Waals surface area contributed by atoms with Crippen LogP contribution in [-0.2, 0) is 17.8 Å². The van der Waals surface area contributed by atoms with Crippen LogP contribution in [0.2, 0.25) is 0 Å². The van der Waals surface area contributed by atoms with Crippen LogP contribution in [0, 0.1) is 5.92 Å². The first-order valence-corrected chi connectivity index (χ1v) is 6.86. The molecule has 0 aliphatic heterocycles. The van der Waals surface area contributed by atoms with Crippen LogP contribution in [-0.4, -0.2) is 15.6 Å². The van der Waals surface area contributed by atoms with E-state index in [9.17, 15) is 4.79 Å². The second kappa shape index (κ2) is 5.91. The van der Waals surface area contributed by atoms with Crippen molar-refractivity contribution in [2.45, 2.75) is 39.7 Å². The van der Waals surface area contributed by atoms with Gasteiger partial charge in [0, 0.05) is 30.1 Å². The predicted molar refractivity (Wildman–Crippen MR) is 77.3 cm³/mol. The summed E-state index contributed by atoms with van der Waals surface area (Å²) in [5.74, 6) is -0.0670. The van der Waals surface area contributed by atoms with Crippen LogP contribution >= 0.6 is 0 Å². The summed E-state index contributed by atoms with van der Waals surface area (Å²) in [5.41, 5.74) is 2.35. The number of carbonyl (C=O) groups is 1. The van der Waals surface area contributed by atoms with E-state index in [-0.39, 0.29) is 6.42 Å². The Kier molecular flexibility index (Phi) is 4.25. The standard InChI is InChI=1S/C16H21NO2/c1-12(2)9-10-17-11-13(7-8-16(18)19)14-5-3-4-6-15(14)17/h3-6,11-12H,7-10H2,1-2H3,(H,18,19). The maximum atomic E-state index is 10.7. The minimum absolute atomic E-state index is 0.193. The molecule has 0 amide bonds. The zero-order chi connectivity index (χ0) is 13.8. The summed E-state index contributed by atoms with van der Waals surface area (Å²) in [6.45, 7) is 5.43. The van der Waals surface area contributed by atoms with Crippen molar-refractivity contribution in [3.8, 4) is 0 Å². The van der Waals surface area contributed by atoms with Gasteiger partial charge < -0.3 is 9.67 Å². The van der Waals surface area contributed by atoms with Gasteiger partial charge in [0.25, 0.3) is 0 Å². The number of aryl methyl sites for hydroxylation is 2. The van der Waals surface area contributed by atoms with Crippen molar-refractivity contribution in [1.29, 1.82) is 0 Å². The molecule has 1 aromatic heterocycles. The van der Waals surface area contributed by atoms with Crippen molar-refractivity contribution < 1.29 is 9.90 Å². The Hall–Kier alpha value is -1.77. The van der Waals surface area contributed by atoms with Crippen LogP contribution in [0.3, 0.4) is 0 Å². The van der Waals surface area contributed by atoms with Gasteiger partial charge in [-0.3, -0.25) is 4.79 Å². The van der Waals surface area contributed by atoms with Gasteiger partial charge >= 0.3 is 5.97 Å². The molecule has 0 bridgehead atoms. The number of para-hydroxylation sites is 1. The summed E-state index contributed by atoms with van der Waals surface area (Å²) >= 11 is 0. The van der Waals surface area contributed by atoms with Crippen molar-refractivity contribution in [1.82, 2.24) is 4.57 Å². The number of aromatic nitrogens is 1. The van der Waals surface area contributed by atoms with Gasteiger partial charge in [0.1, 0.15) is 0 Å². The SMILES string of the molecule is CC(C)CCn1cc(CCC(=O)O)c2ccccc21. The number of nitrogens with zero attached hydrogens (tertiary/aromatic N) is 1. The summed E-state index contributed by atoms with van der Waals surface area (Å²) < 4.78 is 2.26. The Morgan fingerprint density at radius 1 is 1.32 bits per heavy atom. The lowest BCUT2D eigenvalue weighted by Gasteiger charge is -2.07. The lowest BCUT2D eigenvalue weighted by atomic mass is 10.1. The number of aliphatic carboxylic acids is 1. The molecule has 0 atom stereocenters. The van der Waals surface area contributed by atoms with Crippen molar-refractivity contribution in [3.05, 3.63) is 36.0 Å². The van der Waals surface area contributed by atoms with Crippen LogP contribution in [0.25, 0.3) is 10.9 Å². The molecule has 0 fully saturated rings. The minimum atomic E-state index is -0.737. The van der Waals surface area contributed by atoms with Crippen LogP contribution in [0.15, 0.2) is 30.5 Å². The Morgan fingerprint density at radius 2 is 2.05 bits per heavy atom. The number of fused-ring (bicyclic) bond motifs is 1. The zero-order valence-electron chi connectivity index (χ0n) is 11.6. The van der Waals surface area contributed by atoms with E-state index < -0.39 is 5.97 Å². The maximum Gasteiger partial charge on any atom is 0.303 e. The van der Waals surface area contributed by atoms with E-state index in [2.05, 4.69) is 36.7 Å². The molecule has 102 valence electrons. The molecular weight excluding hydrogens is 238 g/mol. The summed E-state index contributed by atoms with van der Waals surface area (Å²) in [6.07, 6.45) is 4.05. The van der Waals surface area contributed by atoms with E-state index in [1.807, 2.05) is 12.1 Å². The second-order valence-electron chi connectivity index (χ2n) is 5.44. The molecule has 1 heterocycles. The first kappa shape index (κ1) is 13.7. The molecule has 3 heteroatoms. The molecule has 0 unspecified atom stereocenters. The summed E-state index contributed by atoms with van der Waals surface area (Å²) in [4.78, 5) is 10.7. The van der Waals surface area contributed by atoms with Crippen LogP contribution < -0.4 is 0 Å². The highest BCUT2D eigenvalue weighted by Crippen LogP contribution is 2.23. The third kappa shape index (κ3) is 3.37. The lowest BCUT2D eigenvalue weighted by Crippen LogP contribution is -2.00. The predicted octanol–water partition coefficient (Wildman–Crippen LogP) is 3.70. The molecule has 1 N–H and O–H groups in total. The minimum Gasteiger partial charge on any atom is -0.481 e. The normalized spacial score (nSPS) is 11.3. The number of hydrogen-bond acceptors (Lipinski definition) is 1. The Bertz CT molecular complexity index is 569. The lowest BCUT2D eigenvalue weighted by molar-refractivity contribution is -0.136. The number of benzene rings is 1. The zero-order valence-corrected chi connectivity index (χ0v) is 11.6. The van der Waals surface area contributed by atoms with Gasteiger partial charge in [0.2, 0.25) is 0 Å². The molecule has 0 radical (unpaired) electrons. The van der Waals surface area contributed by atoms with Crippen LogP contribution in [0.1, 0.15) is 32.3 Å². The third-order valence-corrected chi connectivity index (χ3v) is 3.43. The molecule has 1 aromatic carbocycles. The van der Waals surface area contributed by atoms with Gasteiger partial charge in [-0.05, 0) is 30.4 Å². The smallest absolute Gasteiger partial charge is 0.303 e. The van der Waals surface area contributed by atoms with E-state index in [1.165, 1.54) is 10.9 Å². The van der Waals surface area contributed by atoms with Crippen molar-refractivity contribution in [2.75, 3.05) is 0 Å². The summed E-state index contributed by atoms with van der Waals surface area (Å²) in [5, 5.41) is 10.0. The van der Waals surface area contributed by atoms with Gasteiger partial charge in [0.15, 0.2) is 0 Å². The van der Waals surface area contributed by atoms with E-state index in [0.717, 1.165) is 18.5 Å². The Morgan fingerprint density at radius 3 is 2.74 bits per heavy atom. The number of carboxylic acids is 1. The average molecular weight is 259 g/mol. The number of hydrogen-bond donors (Lipinski definition) is 1. The third-order valence-electron chi connectivity index (χ3n) is 3.43. The highest BCUT2D eigenvalue weighted by molar-refractivity contribution is 5.84. The average Bonchev–Trinajstić information content (AvgIpc) is 2.72. The fraction of sp³-hybridized carbons (Fsp3) is 0.438. The molecule has 19 heavy (non-hydrogen) atoms. The fourth-order valence-electron chi connectivity index (χ4n) is 2.35. The van der Waals surface area contributed by atoms with Gasteiger partial charge in [0.05, 0.1) is 0 Å². The van der Waals surface area contributed by atoms with Crippen LogP contribution in [0.5, 0.6) is 0 Å². The summed E-state index contributed by atoms with van der Waals surface area (Å²) in [6, 6.07) is 8.24. The molecule has 0 saturated carbocycles. The van der Waals surface area contributed by atoms with Crippen LogP contribution in [0.4, 0.5) is 0 Å². The van der Waals surface area contributed by atoms with E-state index in [1.54, 1.807) is 0 Å². The van der Waals surface area contributed by atoms with Crippen molar-refractivity contribution >= 4 is 16.9 Å². The van der Waals surface area contributed by atoms with Gasteiger partial charge in [-0.25, -0.2) is 0 Å². The highest BCUT2D eigenvalue weighted by Gasteiger charge is 2.09. The largest absolute Gasteiger partial charge is 0.481 e. The highest BCUT2D eigenvalue weighted by atomic mass is 16.4. The van der Waals surface area contributed by atoms with Gasteiger partial charge in [-0.2, -0.15) is 0 Å². The summed E-state index contributed by atoms with van der Waals surface area (Å²) in [7, 11) is 0. The molecule has 2 aromatic rings. The molecule has 2 rings (SSSR count). The van der Waals surface area contributed by atoms with Crippen molar-refractivity contribution in [3.63, 3.8) is 0 Å². The van der Waals surface area contributed by atoms with Gasteiger partial charge in [-0.1, -0.05) is 32.0 Å².